The van der Waals surface area contributed by atoms with Gasteiger partial charge in [-0.2, -0.15) is 0 Å². The van der Waals surface area contributed by atoms with Crippen LogP contribution in [-0.2, 0) is 9.59 Å². The first-order chi connectivity index (χ1) is 9.93. The lowest BCUT2D eigenvalue weighted by atomic mass is 10.2. The first kappa shape index (κ1) is 16.8. The maximum atomic E-state index is 11.8. The largest absolute Gasteiger partial charge is 0.484 e. The predicted octanol–water partition coefficient (Wildman–Crippen LogP) is 2.45. The van der Waals surface area contributed by atoms with Crippen LogP contribution in [0.4, 0.5) is 5.69 Å². The molecule has 0 saturated heterocycles. The molecule has 0 heterocycles. The molecule has 0 aliphatic carbocycles. The third kappa shape index (κ3) is 5.69. The maximum Gasteiger partial charge on any atom is 0.259 e. The molecule has 1 aromatic rings. The van der Waals surface area contributed by atoms with Gasteiger partial charge in [-0.3, -0.25) is 9.59 Å². The van der Waals surface area contributed by atoms with E-state index in [0.29, 0.717) is 17.0 Å². The highest BCUT2D eigenvalue weighted by Gasteiger charge is 2.06. The first-order valence-corrected chi connectivity index (χ1v) is 6.85. The predicted molar refractivity (Wildman–Crippen MR) is 83.3 cm³/mol. The van der Waals surface area contributed by atoms with Gasteiger partial charge in [0.2, 0.25) is 0 Å². The summed E-state index contributed by atoms with van der Waals surface area (Å²) in [7, 11) is 3.35. The van der Waals surface area contributed by atoms with E-state index in [4.69, 9.17) is 4.74 Å². The summed E-state index contributed by atoms with van der Waals surface area (Å²) in [5.74, 6) is 0.366. The highest BCUT2D eigenvalue weighted by molar-refractivity contribution is 6.03. The molecule has 0 radical (unpaired) electrons. The zero-order valence-electron chi connectivity index (χ0n) is 13.0. The molecule has 0 unspecified atom stereocenters. The average Bonchev–Trinajstić information content (AvgIpc) is 2.46. The van der Waals surface area contributed by atoms with Gasteiger partial charge in [0.15, 0.2) is 6.61 Å². The van der Waals surface area contributed by atoms with Gasteiger partial charge in [0.25, 0.3) is 11.8 Å². The Hall–Kier alpha value is -2.30. The zero-order valence-corrected chi connectivity index (χ0v) is 13.0. The smallest absolute Gasteiger partial charge is 0.259 e. The number of anilines is 1. The van der Waals surface area contributed by atoms with E-state index >= 15 is 0 Å². The third-order valence-electron chi connectivity index (χ3n) is 2.84. The summed E-state index contributed by atoms with van der Waals surface area (Å²) in [6, 6.07) is 6.92. The van der Waals surface area contributed by atoms with Crippen LogP contribution in [0, 0.1) is 0 Å². The van der Waals surface area contributed by atoms with Gasteiger partial charge >= 0.3 is 0 Å². The van der Waals surface area contributed by atoms with Crippen molar-refractivity contribution in [3.63, 3.8) is 0 Å². The van der Waals surface area contributed by atoms with Crippen LogP contribution in [0.25, 0.3) is 0 Å². The maximum absolute atomic E-state index is 11.8. The number of hydrogen-bond donors (Lipinski definition) is 1. The molecule has 0 aliphatic rings. The summed E-state index contributed by atoms with van der Waals surface area (Å²) in [6.07, 6.45) is 2.70. The van der Waals surface area contributed by atoms with Crippen molar-refractivity contribution in [2.45, 2.75) is 20.3 Å². The third-order valence-corrected chi connectivity index (χ3v) is 2.84. The van der Waals surface area contributed by atoms with E-state index in [1.54, 1.807) is 45.3 Å². The van der Waals surface area contributed by atoms with Crippen LogP contribution in [0.1, 0.15) is 20.3 Å². The van der Waals surface area contributed by atoms with Crippen LogP contribution in [0.2, 0.25) is 0 Å². The second-order valence-electron chi connectivity index (χ2n) is 4.85. The van der Waals surface area contributed by atoms with Crippen molar-refractivity contribution in [3.05, 3.63) is 35.9 Å². The van der Waals surface area contributed by atoms with Gasteiger partial charge in [-0.1, -0.05) is 13.0 Å². The molecule has 2 amide bonds. The van der Waals surface area contributed by atoms with Crippen LogP contribution in [-0.4, -0.2) is 37.4 Å². The minimum atomic E-state index is -0.117. The Morgan fingerprint density at radius 3 is 2.38 bits per heavy atom. The van der Waals surface area contributed by atoms with Crippen LogP contribution < -0.4 is 10.1 Å². The summed E-state index contributed by atoms with van der Waals surface area (Å²) < 4.78 is 5.36. The molecule has 5 nitrogen and oxygen atoms in total. The lowest BCUT2D eigenvalue weighted by molar-refractivity contribution is -0.130. The van der Waals surface area contributed by atoms with Crippen LogP contribution in [0.5, 0.6) is 5.75 Å². The Bertz CT molecular complexity index is 519. The van der Waals surface area contributed by atoms with Gasteiger partial charge in [0.05, 0.1) is 0 Å². The van der Waals surface area contributed by atoms with Gasteiger partial charge in [0, 0.05) is 25.4 Å². The van der Waals surface area contributed by atoms with Crippen molar-refractivity contribution in [1.29, 1.82) is 0 Å². The van der Waals surface area contributed by atoms with Crippen LogP contribution in [0.3, 0.4) is 0 Å². The van der Waals surface area contributed by atoms with E-state index in [1.807, 2.05) is 13.0 Å². The van der Waals surface area contributed by atoms with Crippen LogP contribution in [0.15, 0.2) is 35.9 Å². The van der Waals surface area contributed by atoms with Gasteiger partial charge in [-0.25, -0.2) is 0 Å². The summed E-state index contributed by atoms with van der Waals surface area (Å²) in [5, 5.41) is 2.80. The first-order valence-electron chi connectivity index (χ1n) is 6.85. The summed E-state index contributed by atoms with van der Waals surface area (Å²) in [4.78, 5) is 24.7. The van der Waals surface area contributed by atoms with E-state index in [0.717, 1.165) is 6.42 Å². The van der Waals surface area contributed by atoms with Crippen molar-refractivity contribution < 1.29 is 14.3 Å². The number of amides is 2. The lowest BCUT2D eigenvalue weighted by Gasteiger charge is -2.11. The molecule has 0 saturated carbocycles. The zero-order chi connectivity index (χ0) is 15.8. The number of hydrogen-bond acceptors (Lipinski definition) is 3. The Labute approximate surface area is 125 Å². The molecule has 0 bridgehead atoms. The minimum Gasteiger partial charge on any atom is -0.484 e. The summed E-state index contributed by atoms with van der Waals surface area (Å²) in [6.45, 7) is 3.76. The van der Waals surface area contributed by atoms with E-state index in [1.165, 1.54) is 4.90 Å². The second kappa shape index (κ2) is 8.09. The highest BCUT2D eigenvalue weighted by atomic mass is 16.5. The number of likely N-dealkylation sites (N-methyl/N-ethyl adjacent to an activating group) is 1. The molecule has 0 aromatic heterocycles. The van der Waals surface area contributed by atoms with E-state index in [-0.39, 0.29) is 18.4 Å². The monoisotopic (exact) mass is 290 g/mol. The molecule has 5 heteroatoms. The second-order valence-corrected chi connectivity index (χ2v) is 4.85. The number of carbonyl (C=O) groups excluding carboxylic acids is 2. The normalized spacial score (nSPS) is 11.0. The number of nitrogens with one attached hydrogen (secondary N) is 1. The fourth-order valence-electron chi connectivity index (χ4n) is 1.54. The topological polar surface area (TPSA) is 58.6 Å². The molecule has 114 valence electrons. The van der Waals surface area contributed by atoms with E-state index in [9.17, 15) is 9.59 Å². The molecule has 1 rings (SSSR count). The van der Waals surface area contributed by atoms with E-state index < -0.39 is 0 Å². The number of rotatable bonds is 6. The van der Waals surface area contributed by atoms with Crippen molar-refractivity contribution in [2.24, 2.45) is 0 Å². The molecule has 0 spiro atoms. The van der Waals surface area contributed by atoms with Crippen molar-refractivity contribution >= 4 is 17.5 Å². The fraction of sp³-hybridized carbons (Fsp3) is 0.375. The Kier molecular flexibility index (Phi) is 6.46. The van der Waals surface area contributed by atoms with Gasteiger partial charge in [0.1, 0.15) is 5.75 Å². The fourth-order valence-corrected chi connectivity index (χ4v) is 1.54. The Morgan fingerprint density at radius 1 is 1.24 bits per heavy atom. The molecule has 1 aromatic carbocycles. The minimum absolute atomic E-state index is 0.00292. The molecular formula is C16H22N2O3. The van der Waals surface area contributed by atoms with Gasteiger partial charge in [-0.15, -0.1) is 0 Å². The van der Waals surface area contributed by atoms with Crippen molar-refractivity contribution in [2.75, 3.05) is 26.0 Å². The molecule has 0 fully saturated rings. The Morgan fingerprint density at radius 2 is 1.86 bits per heavy atom. The molecule has 0 aliphatic heterocycles. The number of ether oxygens (including phenoxy) is 1. The Balaban J connectivity index is 2.56. The molecular weight excluding hydrogens is 268 g/mol. The van der Waals surface area contributed by atoms with Crippen LogP contribution >= 0.6 is 0 Å². The number of carbonyl (C=O) groups is 2. The summed E-state index contributed by atoms with van der Waals surface area (Å²) in [5.41, 5.74) is 1.38. The van der Waals surface area contributed by atoms with Crippen molar-refractivity contribution in [1.82, 2.24) is 4.90 Å². The van der Waals surface area contributed by atoms with Crippen molar-refractivity contribution in [3.8, 4) is 5.75 Å². The molecule has 21 heavy (non-hydrogen) atoms. The SMILES string of the molecule is CC/C=C(/C)C(=O)Nc1ccc(OCC(=O)N(C)C)cc1. The average molecular weight is 290 g/mol. The quantitative estimate of drug-likeness (QED) is 0.819. The van der Waals surface area contributed by atoms with Gasteiger partial charge in [-0.05, 0) is 37.6 Å². The lowest BCUT2D eigenvalue weighted by Crippen LogP contribution is -2.27. The number of benzene rings is 1. The van der Waals surface area contributed by atoms with E-state index in [2.05, 4.69) is 5.32 Å². The summed E-state index contributed by atoms with van der Waals surface area (Å²) >= 11 is 0. The van der Waals surface area contributed by atoms with Gasteiger partial charge < -0.3 is 15.0 Å². The number of allylic oxidation sites excluding steroid dienone is 1. The number of nitrogens with zero attached hydrogens (tertiary/aromatic N) is 1. The molecule has 0 atom stereocenters. The standard InChI is InChI=1S/C16H22N2O3/c1-5-6-12(2)16(20)17-13-7-9-14(10-8-13)21-11-15(19)18(3)4/h6-10H,5,11H2,1-4H3,(H,17,20)/b12-6-. The highest BCUT2D eigenvalue weighted by Crippen LogP contribution is 2.16. The molecule has 1 N–H and O–H groups in total.